The van der Waals surface area contributed by atoms with Gasteiger partial charge in [-0.25, -0.2) is 9.37 Å². The minimum absolute atomic E-state index is 0.189. The summed E-state index contributed by atoms with van der Waals surface area (Å²) in [5.74, 6) is 0.574. The summed E-state index contributed by atoms with van der Waals surface area (Å²) in [4.78, 5) is 8.34. The zero-order chi connectivity index (χ0) is 13.3. The van der Waals surface area contributed by atoms with Gasteiger partial charge in [0.2, 0.25) is 11.7 Å². The molecule has 0 bridgehead atoms. The van der Waals surface area contributed by atoms with Gasteiger partial charge in [-0.05, 0) is 25.0 Å². The molecule has 0 spiro atoms. The van der Waals surface area contributed by atoms with Gasteiger partial charge in [-0.15, -0.1) is 0 Å². The number of halogens is 1. The van der Waals surface area contributed by atoms with Gasteiger partial charge in [0, 0.05) is 6.54 Å². The molecule has 0 aromatic carbocycles. The van der Waals surface area contributed by atoms with Gasteiger partial charge in [-0.1, -0.05) is 18.0 Å². The van der Waals surface area contributed by atoms with Gasteiger partial charge >= 0.3 is 0 Å². The zero-order valence-corrected chi connectivity index (χ0v) is 10.5. The highest BCUT2D eigenvalue weighted by molar-refractivity contribution is 5.47. The number of nitrogens with zero attached hydrogens (tertiary/aromatic N) is 3. The molecule has 0 radical (unpaired) electrons. The van der Waals surface area contributed by atoms with Crippen LogP contribution in [0.2, 0.25) is 0 Å². The highest BCUT2D eigenvalue weighted by Gasteiger charge is 2.39. The van der Waals surface area contributed by atoms with Crippen LogP contribution < -0.4 is 5.73 Å². The molecular weight excluding hydrogens is 247 g/mol. The second kappa shape index (κ2) is 4.70. The van der Waals surface area contributed by atoms with Gasteiger partial charge < -0.3 is 10.3 Å². The smallest absolute Gasteiger partial charge is 0.234 e. The first-order valence-corrected chi connectivity index (χ1v) is 6.40. The van der Waals surface area contributed by atoms with Crippen LogP contribution in [-0.2, 0) is 5.41 Å². The summed E-state index contributed by atoms with van der Waals surface area (Å²) in [6, 6.07) is 2.86. The van der Waals surface area contributed by atoms with Crippen LogP contribution in [0.4, 0.5) is 4.39 Å². The quantitative estimate of drug-likeness (QED) is 0.915. The molecule has 6 heteroatoms. The molecule has 3 rings (SSSR count). The van der Waals surface area contributed by atoms with Crippen molar-refractivity contribution >= 4 is 0 Å². The monoisotopic (exact) mass is 262 g/mol. The van der Waals surface area contributed by atoms with E-state index in [9.17, 15) is 4.39 Å². The van der Waals surface area contributed by atoms with E-state index in [1.165, 1.54) is 12.1 Å². The number of aromatic nitrogens is 3. The van der Waals surface area contributed by atoms with Crippen molar-refractivity contribution in [2.45, 2.75) is 31.1 Å². The number of nitrogens with two attached hydrogens (primary N) is 1. The molecule has 1 aliphatic rings. The summed E-state index contributed by atoms with van der Waals surface area (Å²) < 4.78 is 18.2. The SMILES string of the molecule is NCC1(c2nc(-c3ccc(F)cn3)no2)CCCC1. The molecule has 1 aliphatic carbocycles. The Morgan fingerprint density at radius 3 is 2.74 bits per heavy atom. The van der Waals surface area contributed by atoms with Crippen molar-refractivity contribution in [2.24, 2.45) is 5.73 Å². The lowest BCUT2D eigenvalue weighted by atomic mass is 9.86. The van der Waals surface area contributed by atoms with E-state index in [0.29, 0.717) is 24.0 Å². The fraction of sp³-hybridized carbons (Fsp3) is 0.462. The average molecular weight is 262 g/mol. The van der Waals surface area contributed by atoms with Crippen molar-refractivity contribution in [1.82, 2.24) is 15.1 Å². The van der Waals surface area contributed by atoms with Crippen LogP contribution in [-0.4, -0.2) is 21.7 Å². The molecule has 0 aliphatic heterocycles. The fourth-order valence-corrected chi connectivity index (χ4v) is 2.61. The van der Waals surface area contributed by atoms with Crippen LogP contribution >= 0.6 is 0 Å². The lowest BCUT2D eigenvalue weighted by molar-refractivity contribution is 0.284. The normalized spacial score (nSPS) is 17.8. The first-order valence-electron chi connectivity index (χ1n) is 6.40. The lowest BCUT2D eigenvalue weighted by Gasteiger charge is -2.21. The topological polar surface area (TPSA) is 77.8 Å². The van der Waals surface area contributed by atoms with Crippen LogP contribution in [0.1, 0.15) is 31.6 Å². The molecule has 2 heterocycles. The summed E-state index contributed by atoms with van der Waals surface area (Å²) in [5.41, 5.74) is 6.19. The molecule has 5 nitrogen and oxygen atoms in total. The minimum Gasteiger partial charge on any atom is -0.338 e. The third-order valence-corrected chi connectivity index (χ3v) is 3.79. The Hall–Kier alpha value is -1.82. The van der Waals surface area contributed by atoms with Crippen molar-refractivity contribution in [2.75, 3.05) is 6.54 Å². The largest absolute Gasteiger partial charge is 0.338 e. The fourth-order valence-electron chi connectivity index (χ4n) is 2.61. The van der Waals surface area contributed by atoms with Crippen LogP contribution in [0, 0.1) is 5.82 Å². The predicted molar refractivity (Wildman–Crippen MR) is 66.7 cm³/mol. The van der Waals surface area contributed by atoms with Crippen molar-refractivity contribution in [1.29, 1.82) is 0 Å². The second-order valence-corrected chi connectivity index (χ2v) is 4.98. The number of pyridine rings is 1. The summed E-state index contributed by atoms with van der Waals surface area (Å²) in [7, 11) is 0. The van der Waals surface area contributed by atoms with E-state index in [0.717, 1.165) is 31.9 Å². The highest BCUT2D eigenvalue weighted by Crippen LogP contribution is 2.39. The third-order valence-electron chi connectivity index (χ3n) is 3.79. The van der Waals surface area contributed by atoms with E-state index >= 15 is 0 Å². The first-order chi connectivity index (χ1) is 9.23. The first kappa shape index (κ1) is 12.2. The van der Waals surface area contributed by atoms with Gasteiger partial charge in [-0.2, -0.15) is 4.98 Å². The third kappa shape index (κ3) is 2.12. The molecule has 2 aromatic heterocycles. The predicted octanol–water partition coefficient (Wildman–Crippen LogP) is 2.04. The molecule has 0 saturated heterocycles. The average Bonchev–Trinajstić information content (AvgIpc) is 3.09. The molecule has 0 unspecified atom stereocenters. The molecule has 2 aromatic rings. The van der Waals surface area contributed by atoms with Crippen molar-refractivity contribution in [3.63, 3.8) is 0 Å². The van der Waals surface area contributed by atoms with Gasteiger partial charge in [0.15, 0.2) is 0 Å². The second-order valence-electron chi connectivity index (χ2n) is 4.98. The Morgan fingerprint density at radius 1 is 1.32 bits per heavy atom. The van der Waals surface area contributed by atoms with E-state index in [4.69, 9.17) is 10.3 Å². The Kier molecular flexibility index (Phi) is 3.02. The molecule has 19 heavy (non-hydrogen) atoms. The highest BCUT2D eigenvalue weighted by atomic mass is 19.1. The maximum atomic E-state index is 12.8. The van der Waals surface area contributed by atoms with E-state index in [2.05, 4.69) is 15.1 Å². The van der Waals surface area contributed by atoms with Gasteiger partial charge in [0.1, 0.15) is 11.5 Å². The maximum absolute atomic E-state index is 12.8. The van der Waals surface area contributed by atoms with Crippen molar-refractivity contribution < 1.29 is 8.91 Å². The van der Waals surface area contributed by atoms with E-state index in [1.54, 1.807) is 0 Å². The summed E-state index contributed by atoms with van der Waals surface area (Å²) in [6.07, 6.45) is 5.34. The lowest BCUT2D eigenvalue weighted by Crippen LogP contribution is -2.32. The van der Waals surface area contributed by atoms with Gasteiger partial charge in [0.05, 0.1) is 11.6 Å². The summed E-state index contributed by atoms with van der Waals surface area (Å²) in [6.45, 7) is 0.505. The number of hydrogen-bond donors (Lipinski definition) is 1. The van der Waals surface area contributed by atoms with E-state index < -0.39 is 0 Å². The molecule has 1 saturated carbocycles. The minimum atomic E-state index is -0.387. The molecule has 0 amide bonds. The molecule has 100 valence electrons. The van der Waals surface area contributed by atoms with Crippen LogP contribution in [0.5, 0.6) is 0 Å². The molecule has 0 atom stereocenters. The van der Waals surface area contributed by atoms with Crippen molar-refractivity contribution in [3.8, 4) is 11.5 Å². The van der Waals surface area contributed by atoms with Crippen LogP contribution in [0.15, 0.2) is 22.9 Å². The van der Waals surface area contributed by atoms with E-state index in [-0.39, 0.29) is 11.2 Å². The maximum Gasteiger partial charge on any atom is 0.234 e. The number of hydrogen-bond acceptors (Lipinski definition) is 5. The Labute approximate surface area is 110 Å². The number of rotatable bonds is 3. The Morgan fingerprint density at radius 2 is 2.11 bits per heavy atom. The summed E-state index contributed by atoms with van der Waals surface area (Å²) in [5, 5.41) is 3.93. The van der Waals surface area contributed by atoms with Gasteiger partial charge in [0.25, 0.3) is 0 Å². The summed E-state index contributed by atoms with van der Waals surface area (Å²) >= 11 is 0. The standard InChI is InChI=1S/C13H15FN4O/c14-9-3-4-10(16-7-9)11-17-12(19-18-11)13(8-15)5-1-2-6-13/h3-4,7H,1-2,5-6,8,15H2. The molecular formula is C13H15FN4O. The molecule has 2 N–H and O–H groups in total. The molecule has 1 fully saturated rings. The Balaban J connectivity index is 1.92. The van der Waals surface area contributed by atoms with Crippen molar-refractivity contribution in [3.05, 3.63) is 30.0 Å². The van der Waals surface area contributed by atoms with Crippen LogP contribution in [0.25, 0.3) is 11.5 Å². The zero-order valence-electron chi connectivity index (χ0n) is 10.5. The van der Waals surface area contributed by atoms with Gasteiger partial charge in [-0.3, -0.25) is 0 Å². The van der Waals surface area contributed by atoms with Crippen LogP contribution in [0.3, 0.4) is 0 Å². The Bertz CT molecular complexity index is 560. The van der Waals surface area contributed by atoms with E-state index in [1.807, 2.05) is 0 Å².